The molecule has 4 heterocycles. The van der Waals surface area contributed by atoms with E-state index in [0.29, 0.717) is 40.1 Å². The van der Waals surface area contributed by atoms with Crippen molar-refractivity contribution in [1.82, 2.24) is 39.1 Å². The molecule has 1 amide bonds. The number of hydrogen-bond donors (Lipinski definition) is 1. The molecule has 0 unspecified atom stereocenters. The molecule has 0 atom stereocenters. The van der Waals surface area contributed by atoms with Crippen LogP contribution in [0, 0.1) is 0 Å². The van der Waals surface area contributed by atoms with Gasteiger partial charge in [-0.25, -0.2) is 24.1 Å². The number of methoxy groups -OCH3 is 4. The summed E-state index contributed by atoms with van der Waals surface area (Å²) in [4.78, 5) is 40.7. The fourth-order valence-corrected chi connectivity index (χ4v) is 8.65. The van der Waals surface area contributed by atoms with E-state index in [1.807, 2.05) is 48.3 Å². The quantitative estimate of drug-likeness (QED) is 0.118. The smallest absolute Gasteiger partial charge is 0.424 e. The number of nitrogens with zero attached hydrogens (tertiary/aromatic N) is 7. The predicted molar refractivity (Wildman–Crippen MR) is 276 cm³/mol. The van der Waals surface area contributed by atoms with E-state index < -0.39 is 6.09 Å². The molecule has 0 radical (unpaired) electrons. The molecule has 2 aliphatic heterocycles. The van der Waals surface area contributed by atoms with Gasteiger partial charge in [-0.1, -0.05) is 78.9 Å². The van der Waals surface area contributed by atoms with Gasteiger partial charge in [0.1, 0.15) is 18.4 Å². The molecule has 15 nitrogen and oxygen atoms in total. The van der Waals surface area contributed by atoms with Gasteiger partial charge in [0.2, 0.25) is 0 Å². The van der Waals surface area contributed by atoms with E-state index in [1.165, 1.54) is 48.0 Å². The van der Waals surface area contributed by atoms with Gasteiger partial charge in [0.05, 0.1) is 39.8 Å². The Morgan fingerprint density at radius 3 is 1.48 bits per heavy atom. The molecule has 0 saturated carbocycles. The van der Waals surface area contributed by atoms with Crippen LogP contribution in [-0.4, -0.2) is 127 Å². The van der Waals surface area contributed by atoms with Gasteiger partial charge in [-0.3, -0.25) is 14.4 Å². The van der Waals surface area contributed by atoms with Gasteiger partial charge in [0.25, 0.3) is 0 Å². The first kappa shape index (κ1) is 51.4. The Labute approximate surface area is 417 Å². The molecular formula is C56H66N8O7. The lowest BCUT2D eigenvalue weighted by atomic mass is 10.0. The van der Waals surface area contributed by atoms with Gasteiger partial charge >= 0.3 is 12.1 Å². The van der Waals surface area contributed by atoms with Crippen LogP contribution in [0.1, 0.15) is 36.8 Å². The molecule has 15 heteroatoms. The third-order valence-corrected chi connectivity index (χ3v) is 12.8. The maximum Gasteiger partial charge on any atom is 0.424 e. The number of piperidine rings is 2. The van der Waals surface area contributed by atoms with Crippen molar-refractivity contribution in [3.8, 4) is 51.3 Å². The Morgan fingerprint density at radius 1 is 0.577 bits per heavy atom. The van der Waals surface area contributed by atoms with Crippen molar-refractivity contribution < 1.29 is 33.3 Å². The highest BCUT2D eigenvalue weighted by molar-refractivity contribution is 5.78. The van der Waals surface area contributed by atoms with Crippen molar-refractivity contribution in [2.75, 3.05) is 68.7 Å². The first-order chi connectivity index (χ1) is 34.7. The van der Waals surface area contributed by atoms with Crippen molar-refractivity contribution in [2.24, 2.45) is 0 Å². The van der Waals surface area contributed by atoms with Crippen LogP contribution in [0.2, 0.25) is 0 Å². The molecule has 2 saturated heterocycles. The Hall–Kier alpha value is -7.46. The lowest BCUT2D eigenvalue weighted by Crippen LogP contribution is -2.46. The summed E-state index contributed by atoms with van der Waals surface area (Å²) in [6.45, 7) is 6.48. The normalized spacial score (nSPS) is 14.2. The van der Waals surface area contributed by atoms with Crippen LogP contribution in [0.15, 0.2) is 152 Å². The zero-order valence-electron chi connectivity index (χ0n) is 41.6. The van der Waals surface area contributed by atoms with Crippen LogP contribution in [0.25, 0.3) is 22.5 Å². The summed E-state index contributed by atoms with van der Waals surface area (Å²) >= 11 is 0. The number of benzene rings is 5. The lowest BCUT2D eigenvalue weighted by Gasteiger charge is -2.36. The summed E-state index contributed by atoms with van der Waals surface area (Å²) in [5, 5.41) is 3.36. The standard InChI is InChI=1S/C25H30N4O3.C18H16N2O4.C13H20N2/c1-27(21-11-13-28(14-12-21)16-19-7-5-4-6-8-19)25(30)29-17-22(26-18-29)20-9-10-23(31-2)24(15-20)32-3;1-22-16-9-8-13(10-17(16)23-2)15-11-20(12-19-15)18(21)24-14-6-4-3-5-7-14;1-14-13-7-9-15(10-8-13)11-12-5-3-2-4-6-12/h4-10,15,17-18,21H,11-14,16H2,1-3H3;3-12H,1-2H3;2-6,13-14H,7-11H2,1H3. The average molecular weight is 963 g/mol. The number of amides is 1. The van der Waals surface area contributed by atoms with Crippen LogP contribution in [0.3, 0.4) is 0 Å². The highest BCUT2D eigenvalue weighted by Gasteiger charge is 2.27. The Morgan fingerprint density at radius 2 is 1.01 bits per heavy atom. The lowest BCUT2D eigenvalue weighted by molar-refractivity contribution is 0.132. The minimum absolute atomic E-state index is 0.0641. The largest absolute Gasteiger partial charge is 0.493 e. The van der Waals surface area contributed by atoms with E-state index >= 15 is 0 Å². The second-order valence-electron chi connectivity index (χ2n) is 17.4. The number of aromatic nitrogens is 4. The van der Waals surface area contributed by atoms with E-state index in [4.69, 9.17) is 23.7 Å². The number of ether oxygens (including phenoxy) is 5. The van der Waals surface area contributed by atoms with Gasteiger partial charge in [0, 0.05) is 68.8 Å². The molecule has 2 fully saturated rings. The number of rotatable bonds is 13. The maximum atomic E-state index is 13.1. The molecule has 7 aromatic rings. The number of likely N-dealkylation sites (tertiary alicyclic amines) is 2. The van der Waals surface area contributed by atoms with Crippen LogP contribution in [-0.2, 0) is 13.1 Å². The van der Waals surface area contributed by atoms with Gasteiger partial charge in [-0.15, -0.1) is 0 Å². The molecule has 71 heavy (non-hydrogen) atoms. The number of nitrogens with one attached hydrogen (secondary N) is 1. The molecule has 1 N–H and O–H groups in total. The van der Waals surface area contributed by atoms with Crippen molar-refractivity contribution in [2.45, 2.75) is 50.9 Å². The van der Waals surface area contributed by atoms with Gasteiger partial charge in [-0.05, 0) is 105 Å². The summed E-state index contributed by atoms with van der Waals surface area (Å²) in [6, 6.07) is 42.1. The zero-order valence-corrected chi connectivity index (χ0v) is 41.6. The molecule has 5 aromatic carbocycles. The first-order valence-corrected chi connectivity index (χ1v) is 24.0. The van der Waals surface area contributed by atoms with E-state index in [2.05, 4.69) is 86.7 Å². The van der Waals surface area contributed by atoms with Gasteiger partial charge in [0.15, 0.2) is 23.0 Å². The summed E-state index contributed by atoms with van der Waals surface area (Å²) < 4.78 is 29.3. The first-order valence-electron chi connectivity index (χ1n) is 24.0. The monoisotopic (exact) mass is 963 g/mol. The summed E-state index contributed by atoms with van der Waals surface area (Å²) in [5.41, 5.74) is 5.77. The highest BCUT2D eigenvalue weighted by Crippen LogP contribution is 2.33. The zero-order chi connectivity index (χ0) is 50.0. The fourth-order valence-electron chi connectivity index (χ4n) is 8.65. The fraction of sp³-hybridized carbons (Fsp3) is 0.321. The van der Waals surface area contributed by atoms with E-state index in [-0.39, 0.29) is 12.1 Å². The van der Waals surface area contributed by atoms with Crippen LogP contribution in [0.4, 0.5) is 9.59 Å². The third-order valence-electron chi connectivity index (χ3n) is 12.8. The number of carbonyl (C=O) groups excluding carboxylic acids is 2. The Balaban J connectivity index is 0.000000167. The number of carbonyl (C=O) groups is 2. The molecule has 2 aliphatic rings. The third kappa shape index (κ3) is 14.3. The van der Waals surface area contributed by atoms with Crippen molar-refractivity contribution >= 4 is 12.1 Å². The number of para-hydroxylation sites is 1. The topological polar surface area (TPSA) is 138 Å². The summed E-state index contributed by atoms with van der Waals surface area (Å²) in [5.74, 6) is 2.99. The second kappa shape index (κ2) is 25.9. The molecule has 9 rings (SSSR count). The average Bonchev–Trinajstić information content (AvgIpc) is 4.14. The molecular weight excluding hydrogens is 897 g/mol. The van der Waals surface area contributed by atoms with Crippen molar-refractivity contribution in [3.05, 3.63) is 164 Å². The number of imidazole rings is 2. The summed E-state index contributed by atoms with van der Waals surface area (Å²) in [6.07, 6.45) is 10.3. The Bertz CT molecular complexity index is 2720. The van der Waals surface area contributed by atoms with Crippen LogP contribution in [0.5, 0.6) is 28.7 Å². The molecule has 0 aliphatic carbocycles. The predicted octanol–water partition coefficient (Wildman–Crippen LogP) is 9.62. The Kier molecular flexibility index (Phi) is 18.8. The molecule has 0 spiro atoms. The van der Waals surface area contributed by atoms with Gasteiger partial charge in [-0.2, -0.15) is 0 Å². The number of hydrogen-bond acceptors (Lipinski definition) is 12. The molecule has 0 bridgehead atoms. The SMILES string of the molecule is CNC1CCN(Cc2ccccc2)CC1.COc1ccc(-c2cn(C(=O)N(C)C3CCN(Cc4ccccc4)CC3)cn2)cc1OC.COc1ccc(-c2cn(C(=O)Oc3ccccc3)cn2)cc1OC. The maximum absolute atomic E-state index is 13.1. The van der Waals surface area contributed by atoms with Crippen molar-refractivity contribution in [3.63, 3.8) is 0 Å². The summed E-state index contributed by atoms with van der Waals surface area (Å²) in [7, 11) is 10.3. The highest BCUT2D eigenvalue weighted by atomic mass is 16.6. The van der Waals surface area contributed by atoms with E-state index in [9.17, 15) is 9.59 Å². The second-order valence-corrected chi connectivity index (χ2v) is 17.4. The molecule has 2 aromatic heterocycles. The van der Waals surface area contributed by atoms with Crippen LogP contribution >= 0.6 is 0 Å². The van der Waals surface area contributed by atoms with Gasteiger partial charge < -0.3 is 33.9 Å². The van der Waals surface area contributed by atoms with Crippen LogP contribution < -0.4 is 29.0 Å². The molecule has 372 valence electrons. The van der Waals surface area contributed by atoms with Crippen molar-refractivity contribution in [1.29, 1.82) is 0 Å². The van der Waals surface area contributed by atoms with E-state index in [1.54, 1.807) is 88.1 Å². The van der Waals surface area contributed by atoms with E-state index in [0.717, 1.165) is 56.2 Å². The minimum atomic E-state index is -0.527. The minimum Gasteiger partial charge on any atom is -0.493 e.